The molecule has 2 heterocycles. The maximum Gasteiger partial charge on any atom is 0.0542 e. The molecule has 0 bridgehead atoms. The van der Waals surface area contributed by atoms with Gasteiger partial charge in [-0.05, 0) is 169 Å². The summed E-state index contributed by atoms with van der Waals surface area (Å²) in [6, 6.07) is 96.7. The highest BCUT2D eigenvalue weighted by molar-refractivity contribution is 6.12. The van der Waals surface area contributed by atoms with Crippen molar-refractivity contribution in [2.75, 3.05) is 9.80 Å². The Balaban J connectivity index is 0.811. The van der Waals surface area contributed by atoms with Gasteiger partial charge in [0.1, 0.15) is 0 Å². The minimum absolute atomic E-state index is 1.12. The van der Waals surface area contributed by atoms with E-state index in [4.69, 9.17) is 0 Å². The first-order valence-electron chi connectivity index (χ1n) is 24.8. The van der Waals surface area contributed by atoms with Crippen molar-refractivity contribution in [3.63, 3.8) is 0 Å². The van der Waals surface area contributed by atoms with Crippen LogP contribution < -0.4 is 9.80 Å². The number of aryl methyl sites for hydroxylation is 2. The van der Waals surface area contributed by atoms with E-state index >= 15 is 0 Å². The normalized spacial score (nSPS) is 11.5. The van der Waals surface area contributed by atoms with E-state index in [1.807, 2.05) is 0 Å². The lowest BCUT2D eigenvalue weighted by molar-refractivity contribution is 1.18. The second kappa shape index (κ2) is 17.9. The Morgan fingerprint density at radius 1 is 0.250 bits per heavy atom. The van der Waals surface area contributed by atoms with Crippen LogP contribution in [0.3, 0.4) is 0 Å². The summed E-state index contributed by atoms with van der Waals surface area (Å²) in [4.78, 5) is 4.67. The number of benzene rings is 11. The van der Waals surface area contributed by atoms with Crippen molar-refractivity contribution in [3.8, 4) is 33.6 Å². The predicted octanol–water partition coefficient (Wildman–Crippen LogP) is 18.8. The molecule has 0 N–H and O–H groups in total. The van der Waals surface area contributed by atoms with E-state index in [1.54, 1.807) is 0 Å². The van der Waals surface area contributed by atoms with E-state index in [2.05, 4.69) is 300 Å². The number of aromatic nitrogens is 2. The van der Waals surface area contributed by atoms with Crippen LogP contribution in [0.25, 0.3) is 77.2 Å². The Labute approximate surface area is 420 Å². The van der Waals surface area contributed by atoms with Crippen LogP contribution in [0.5, 0.6) is 0 Å². The Kier molecular flexibility index (Phi) is 10.6. The van der Waals surface area contributed by atoms with Crippen molar-refractivity contribution in [2.24, 2.45) is 0 Å². The molecule has 0 saturated carbocycles. The standard InChI is InChI=1S/C68H50N4/c1-47-43-62(50-33-37-56(38-34-50)72-66-30-18-16-28-60(66)64-46-58(40-42-68(64)72)70(53-23-11-5-12-24-53)54-25-13-6-14-26-54)48(2)44-61(47)49-31-35-55(36-32-49)71-65-29-17-15-27-59(65)63-45-57(39-41-67(63)71)69(51-19-7-3-8-20-51)52-21-9-4-10-22-52/h3-46H,1-2H3. The summed E-state index contributed by atoms with van der Waals surface area (Å²) in [6.07, 6.45) is 0. The van der Waals surface area contributed by atoms with Gasteiger partial charge in [0.25, 0.3) is 0 Å². The Morgan fingerprint density at radius 2 is 0.556 bits per heavy atom. The van der Waals surface area contributed by atoms with Crippen LogP contribution >= 0.6 is 0 Å². The zero-order valence-corrected chi connectivity index (χ0v) is 40.2. The van der Waals surface area contributed by atoms with Gasteiger partial charge in [0, 0.05) is 67.0 Å². The molecule has 0 unspecified atom stereocenters. The minimum Gasteiger partial charge on any atom is -0.310 e. The van der Waals surface area contributed by atoms with Crippen LogP contribution in [0.1, 0.15) is 11.1 Å². The van der Waals surface area contributed by atoms with Crippen molar-refractivity contribution < 1.29 is 0 Å². The van der Waals surface area contributed by atoms with Gasteiger partial charge in [0.05, 0.1) is 22.1 Å². The Bertz CT molecular complexity index is 3730. The lowest BCUT2D eigenvalue weighted by Gasteiger charge is -2.25. The highest BCUT2D eigenvalue weighted by Crippen LogP contribution is 2.42. The first-order valence-corrected chi connectivity index (χ1v) is 24.8. The highest BCUT2D eigenvalue weighted by atomic mass is 15.1. The molecule has 0 atom stereocenters. The number of nitrogens with zero attached hydrogens (tertiary/aromatic N) is 4. The molecule has 0 aliphatic heterocycles. The lowest BCUT2D eigenvalue weighted by Crippen LogP contribution is -2.09. The molecule has 0 aliphatic rings. The lowest BCUT2D eigenvalue weighted by atomic mass is 9.92. The van der Waals surface area contributed by atoms with Crippen LogP contribution in [0, 0.1) is 13.8 Å². The molecule has 0 aliphatic carbocycles. The Hall–Kier alpha value is -9.38. The van der Waals surface area contributed by atoms with Crippen molar-refractivity contribution >= 4 is 77.7 Å². The number of hydrogen-bond donors (Lipinski definition) is 0. The quantitative estimate of drug-likeness (QED) is 0.136. The largest absolute Gasteiger partial charge is 0.310 e. The van der Waals surface area contributed by atoms with E-state index in [0.717, 1.165) is 45.5 Å². The molecule has 4 heteroatoms. The molecule has 13 aromatic rings. The van der Waals surface area contributed by atoms with Gasteiger partial charge in [-0.2, -0.15) is 0 Å². The smallest absolute Gasteiger partial charge is 0.0542 e. The zero-order valence-electron chi connectivity index (χ0n) is 40.2. The van der Waals surface area contributed by atoms with Crippen LogP contribution in [-0.4, -0.2) is 9.13 Å². The minimum atomic E-state index is 1.12. The monoisotopic (exact) mass is 922 g/mol. The number of fused-ring (bicyclic) bond motifs is 6. The number of anilines is 6. The fourth-order valence-corrected chi connectivity index (χ4v) is 11.0. The maximum absolute atomic E-state index is 2.40. The second-order valence-electron chi connectivity index (χ2n) is 18.7. The topological polar surface area (TPSA) is 16.3 Å². The Morgan fingerprint density at radius 3 is 0.903 bits per heavy atom. The van der Waals surface area contributed by atoms with E-state index in [0.29, 0.717) is 0 Å². The van der Waals surface area contributed by atoms with Crippen molar-refractivity contribution in [1.82, 2.24) is 9.13 Å². The van der Waals surface area contributed by atoms with E-state index in [-0.39, 0.29) is 0 Å². The van der Waals surface area contributed by atoms with Gasteiger partial charge in [-0.15, -0.1) is 0 Å². The predicted molar refractivity (Wildman–Crippen MR) is 305 cm³/mol. The number of hydrogen-bond acceptors (Lipinski definition) is 2. The van der Waals surface area contributed by atoms with Crippen LogP contribution in [0.15, 0.2) is 267 Å². The van der Waals surface area contributed by atoms with Crippen LogP contribution in [0.2, 0.25) is 0 Å². The van der Waals surface area contributed by atoms with Gasteiger partial charge in [-0.25, -0.2) is 0 Å². The second-order valence-corrected chi connectivity index (χ2v) is 18.7. The zero-order chi connectivity index (χ0) is 48.1. The summed E-state index contributed by atoms with van der Waals surface area (Å²) in [5, 5.41) is 4.90. The molecule has 11 aromatic carbocycles. The molecule has 342 valence electrons. The molecule has 0 radical (unpaired) electrons. The first-order chi connectivity index (χ1) is 35.6. The molecule has 72 heavy (non-hydrogen) atoms. The molecular weight excluding hydrogens is 873 g/mol. The summed E-state index contributed by atoms with van der Waals surface area (Å²) < 4.78 is 4.81. The summed E-state index contributed by atoms with van der Waals surface area (Å²) in [5.74, 6) is 0. The fourth-order valence-electron chi connectivity index (χ4n) is 11.0. The number of para-hydroxylation sites is 6. The van der Waals surface area contributed by atoms with E-state index < -0.39 is 0 Å². The third-order valence-corrected chi connectivity index (χ3v) is 14.3. The van der Waals surface area contributed by atoms with Crippen molar-refractivity contribution in [2.45, 2.75) is 13.8 Å². The van der Waals surface area contributed by atoms with Gasteiger partial charge in [0.2, 0.25) is 0 Å². The first kappa shape index (κ1) is 42.7. The van der Waals surface area contributed by atoms with Gasteiger partial charge in [-0.1, -0.05) is 146 Å². The average molecular weight is 923 g/mol. The third kappa shape index (κ3) is 7.40. The molecule has 0 fully saturated rings. The molecule has 4 nitrogen and oxygen atoms in total. The molecule has 0 saturated heterocycles. The SMILES string of the molecule is Cc1cc(-c2ccc(-n3c4ccccc4c4cc(N(c5ccccc5)c5ccccc5)ccc43)cc2)c(C)cc1-c1ccc(-n2c3ccccc3c3cc(N(c4ccccc4)c4ccccc4)ccc32)cc1. The van der Waals surface area contributed by atoms with Gasteiger partial charge >= 0.3 is 0 Å². The third-order valence-electron chi connectivity index (χ3n) is 14.3. The number of rotatable bonds is 10. The van der Waals surface area contributed by atoms with Crippen LogP contribution in [0.4, 0.5) is 34.1 Å². The molecule has 13 rings (SSSR count). The van der Waals surface area contributed by atoms with Crippen LogP contribution in [-0.2, 0) is 0 Å². The van der Waals surface area contributed by atoms with Gasteiger partial charge in [-0.3, -0.25) is 0 Å². The van der Waals surface area contributed by atoms with Crippen molar-refractivity contribution in [1.29, 1.82) is 0 Å². The van der Waals surface area contributed by atoms with E-state index in [1.165, 1.54) is 77.0 Å². The van der Waals surface area contributed by atoms with E-state index in [9.17, 15) is 0 Å². The highest BCUT2D eigenvalue weighted by Gasteiger charge is 2.20. The molecule has 2 aromatic heterocycles. The average Bonchev–Trinajstić information content (AvgIpc) is 3.95. The van der Waals surface area contributed by atoms with Gasteiger partial charge in [0.15, 0.2) is 0 Å². The van der Waals surface area contributed by atoms with Crippen molar-refractivity contribution in [3.05, 3.63) is 278 Å². The molecular formula is C68H50N4. The summed E-state index contributed by atoms with van der Waals surface area (Å²) in [7, 11) is 0. The van der Waals surface area contributed by atoms with Gasteiger partial charge < -0.3 is 18.9 Å². The molecule has 0 amide bonds. The summed E-state index contributed by atoms with van der Waals surface area (Å²) in [5.41, 5.74) is 21.1. The maximum atomic E-state index is 2.40. The summed E-state index contributed by atoms with van der Waals surface area (Å²) in [6.45, 7) is 4.48. The summed E-state index contributed by atoms with van der Waals surface area (Å²) >= 11 is 0. The fraction of sp³-hybridized carbons (Fsp3) is 0.0294. The molecule has 0 spiro atoms.